The second-order valence-electron chi connectivity index (χ2n) is 1.89. The molecule has 0 aromatic carbocycles. The molecular formula is C5H11ClOTe. The van der Waals surface area contributed by atoms with Crippen LogP contribution in [0.15, 0.2) is 0 Å². The third-order valence-corrected chi connectivity index (χ3v) is 11.1. The first-order valence-corrected chi connectivity index (χ1v) is 10.1. The zero-order valence-electron chi connectivity index (χ0n) is 5.02. The van der Waals surface area contributed by atoms with Crippen molar-refractivity contribution < 1.29 is 3.10 Å². The number of halogens is 1. The van der Waals surface area contributed by atoms with E-state index in [1.54, 1.807) is 0 Å². The van der Waals surface area contributed by atoms with Gasteiger partial charge in [-0.15, -0.1) is 0 Å². The Balaban J connectivity index is 2.40. The first-order chi connectivity index (χ1) is 3.77. The predicted octanol–water partition coefficient (Wildman–Crippen LogP) is 2.11. The van der Waals surface area contributed by atoms with Crippen LogP contribution in [0.1, 0.15) is 13.3 Å². The van der Waals surface area contributed by atoms with Crippen LogP contribution in [0, 0.1) is 0 Å². The van der Waals surface area contributed by atoms with Gasteiger partial charge >= 0.3 is 58.4 Å². The van der Waals surface area contributed by atoms with E-state index in [1.165, 1.54) is 10.9 Å². The summed E-state index contributed by atoms with van der Waals surface area (Å²) in [6, 6.07) is 0. The maximum absolute atomic E-state index is 6.12. The fraction of sp³-hybridized carbons (Fsp3) is 1.00. The average molecular weight is 250 g/mol. The van der Waals surface area contributed by atoms with Gasteiger partial charge in [-0.3, -0.25) is 0 Å². The molecule has 8 heavy (non-hydrogen) atoms. The number of hydrogen-bond acceptors (Lipinski definition) is 1. The summed E-state index contributed by atoms with van der Waals surface area (Å²) < 4.78 is 7.77. The first-order valence-electron chi connectivity index (χ1n) is 2.89. The molecule has 0 aromatic rings. The summed E-state index contributed by atoms with van der Waals surface area (Å²) in [5.41, 5.74) is 0. The van der Waals surface area contributed by atoms with Gasteiger partial charge in [-0.25, -0.2) is 0 Å². The minimum atomic E-state index is -2.06. The van der Waals surface area contributed by atoms with E-state index in [1.807, 2.05) is 0 Å². The van der Waals surface area contributed by atoms with Crippen molar-refractivity contribution in [2.75, 3.05) is 6.61 Å². The summed E-state index contributed by atoms with van der Waals surface area (Å²) in [4.78, 5) is 0. The van der Waals surface area contributed by atoms with Crippen molar-refractivity contribution >= 4 is 26.4 Å². The molecule has 0 amide bonds. The third-order valence-electron chi connectivity index (χ3n) is 1.32. The molecule has 1 nitrogen and oxygen atoms in total. The van der Waals surface area contributed by atoms with Crippen molar-refractivity contribution in [1.29, 1.82) is 0 Å². The fourth-order valence-electron chi connectivity index (χ4n) is 0.769. The van der Waals surface area contributed by atoms with E-state index in [0.29, 0.717) is 0 Å². The molecule has 1 heterocycles. The Morgan fingerprint density at radius 3 is 2.75 bits per heavy atom. The average Bonchev–Trinajstić information content (AvgIpc) is 2.17. The molecule has 1 unspecified atom stereocenters. The Bertz CT molecular complexity index is 80.5. The van der Waals surface area contributed by atoms with Gasteiger partial charge in [0.2, 0.25) is 0 Å². The van der Waals surface area contributed by atoms with Gasteiger partial charge in [-0.1, -0.05) is 0 Å². The molecule has 1 aliphatic rings. The van der Waals surface area contributed by atoms with Crippen LogP contribution in [0.2, 0.25) is 8.94 Å². The van der Waals surface area contributed by atoms with Crippen molar-refractivity contribution in [3.63, 3.8) is 0 Å². The van der Waals surface area contributed by atoms with Crippen LogP contribution in [0.25, 0.3) is 0 Å². The number of rotatable bonds is 1. The van der Waals surface area contributed by atoms with E-state index in [9.17, 15) is 0 Å². The second kappa shape index (κ2) is 2.75. The summed E-state index contributed by atoms with van der Waals surface area (Å²) in [5.74, 6) is 0. The van der Waals surface area contributed by atoms with Gasteiger partial charge in [0, 0.05) is 0 Å². The molecule has 0 aromatic heterocycles. The molecule has 0 aliphatic carbocycles. The molecule has 1 rings (SSSR count). The molecule has 1 fully saturated rings. The molecule has 1 atom stereocenters. The molecule has 0 N–H and O–H groups in total. The van der Waals surface area contributed by atoms with Crippen LogP contribution < -0.4 is 0 Å². The summed E-state index contributed by atoms with van der Waals surface area (Å²) in [6.45, 7) is 3.07. The van der Waals surface area contributed by atoms with Gasteiger partial charge in [-0.2, -0.15) is 0 Å². The Labute approximate surface area is 58.4 Å². The third kappa shape index (κ3) is 1.51. The van der Waals surface area contributed by atoms with E-state index in [4.69, 9.17) is 12.1 Å². The monoisotopic (exact) mass is 252 g/mol. The van der Waals surface area contributed by atoms with Gasteiger partial charge in [0.1, 0.15) is 0 Å². The molecule has 0 spiro atoms. The molecule has 1 aliphatic heterocycles. The molecule has 0 radical (unpaired) electrons. The quantitative estimate of drug-likeness (QED) is 0.648. The van der Waals surface area contributed by atoms with E-state index in [-0.39, 0.29) is 0 Å². The van der Waals surface area contributed by atoms with Crippen molar-refractivity contribution in [3.05, 3.63) is 0 Å². The van der Waals surface area contributed by atoms with Gasteiger partial charge < -0.3 is 0 Å². The van der Waals surface area contributed by atoms with Crippen LogP contribution in [-0.4, -0.2) is 24.1 Å². The zero-order valence-corrected chi connectivity index (χ0v) is 8.11. The van der Waals surface area contributed by atoms with E-state index in [2.05, 4.69) is 6.92 Å². The second-order valence-corrected chi connectivity index (χ2v) is 13.3. The van der Waals surface area contributed by atoms with Gasteiger partial charge in [0.05, 0.1) is 0 Å². The van der Waals surface area contributed by atoms with Crippen LogP contribution in [-0.2, 0) is 3.10 Å². The molecular weight excluding hydrogens is 239 g/mol. The predicted molar refractivity (Wildman–Crippen MR) is 37.5 cm³/mol. The van der Waals surface area contributed by atoms with Crippen molar-refractivity contribution in [3.8, 4) is 0 Å². The SMILES string of the molecule is CC[Te]1(Cl)CCCO1. The van der Waals surface area contributed by atoms with Crippen LogP contribution in [0.3, 0.4) is 0 Å². The van der Waals surface area contributed by atoms with Gasteiger partial charge in [-0.05, 0) is 0 Å². The minimum absolute atomic E-state index is 0.929. The van der Waals surface area contributed by atoms with Crippen molar-refractivity contribution in [1.82, 2.24) is 0 Å². The Morgan fingerprint density at radius 1 is 1.75 bits per heavy atom. The van der Waals surface area contributed by atoms with Gasteiger partial charge in [0.25, 0.3) is 0 Å². The Hall–Kier alpha value is 1.04. The molecule has 3 heteroatoms. The summed E-state index contributed by atoms with van der Waals surface area (Å²) in [7, 11) is 6.12. The van der Waals surface area contributed by atoms with E-state index < -0.39 is 17.5 Å². The van der Waals surface area contributed by atoms with E-state index in [0.717, 1.165) is 11.1 Å². The molecule has 0 bridgehead atoms. The normalized spacial score (nSPS) is 46.2. The maximum atomic E-state index is 6.12. The Kier molecular flexibility index (Phi) is 2.46. The molecule has 1 saturated heterocycles. The molecule has 50 valence electrons. The summed E-state index contributed by atoms with van der Waals surface area (Å²) in [5, 5.41) is 0. The zero-order chi connectivity index (χ0) is 6.04. The first kappa shape index (κ1) is 7.15. The van der Waals surface area contributed by atoms with Crippen molar-refractivity contribution in [2.45, 2.75) is 22.3 Å². The van der Waals surface area contributed by atoms with Crippen LogP contribution >= 0.6 is 8.96 Å². The van der Waals surface area contributed by atoms with Crippen molar-refractivity contribution in [2.24, 2.45) is 0 Å². The summed E-state index contributed by atoms with van der Waals surface area (Å²) in [6.07, 6.45) is 1.21. The van der Waals surface area contributed by atoms with Crippen LogP contribution in [0.4, 0.5) is 0 Å². The number of hydrogen-bond donors (Lipinski definition) is 0. The molecule has 0 saturated carbocycles. The van der Waals surface area contributed by atoms with E-state index >= 15 is 0 Å². The topological polar surface area (TPSA) is 9.23 Å². The summed E-state index contributed by atoms with van der Waals surface area (Å²) >= 11 is -2.06. The van der Waals surface area contributed by atoms with Crippen LogP contribution in [0.5, 0.6) is 0 Å². The fourth-order valence-corrected chi connectivity index (χ4v) is 6.32. The standard InChI is InChI=1S/C5H11ClOTe/c1-2-8(6)5-3-4-7-8/h2-5H2,1H3. The van der Waals surface area contributed by atoms with Gasteiger partial charge in [0.15, 0.2) is 0 Å². The Morgan fingerprint density at radius 2 is 2.50 bits per heavy atom.